The average molecular weight is 160 g/mol. The summed E-state index contributed by atoms with van der Waals surface area (Å²) >= 11 is 0. The van der Waals surface area contributed by atoms with E-state index in [1.807, 2.05) is 12.8 Å². The van der Waals surface area contributed by atoms with Crippen LogP contribution in [0.5, 0.6) is 0 Å². The highest BCUT2D eigenvalue weighted by atomic mass is 19.3. The highest BCUT2D eigenvalue weighted by Crippen LogP contribution is 2.22. The summed E-state index contributed by atoms with van der Waals surface area (Å²) in [7, 11) is 0. The summed E-state index contributed by atoms with van der Waals surface area (Å²) in [6, 6.07) is 0. The Kier molecular flexibility index (Phi) is 4.10. The first kappa shape index (κ1) is 10.4. The summed E-state index contributed by atoms with van der Waals surface area (Å²) < 4.78 is 25.4. The fourth-order valence-electron chi connectivity index (χ4n) is 0.450. The number of rotatable bonds is 2. The van der Waals surface area contributed by atoms with Crippen LogP contribution in [0.3, 0.4) is 0 Å². The van der Waals surface area contributed by atoms with Crippen molar-refractivity contribution in [3.05, 3.63) is 0 Å². The van der Waals surface area contributed by atoms with Crippen molar-refractivity contribution in [2.24, 2.45) is 5.92 Å². The molecule has 64 valence electrons. The molecule has 0 radical (unpaired) electrons. The van der Waals surface area contributed by atoms with Gasteiger partial charge in [-0.25, -0.2) is 0 Å². The Morgan fingerprint density at radius 1 is 1.36 bits per heavy atom. The topological polar surface area (TPSA) is 0 Å². The fraction of sp³-hybridized carbons (Fsp3) is 0.778. The first-order chi connectivity index (χ1) is 5.00. The normalized spacial score (nSPS) is 11.1. The van der Waals surface area contributed by atoms with E-state index >= 15 is 0 Å². The van der Waals surface area contributed by atoms with E-state index in [4.69, 9.17) is 0 Å². The lowest BCUT2D eigenvalue weighted by atomic mass is 10.1. The van der Waals surface area contributed by atoms with Crippen molar-refractivity contribution in [1.29, 1.82) is 0 Å². The van der Waals surface area contributed by atoms with E-state index in [2.05, 4.69) is 5.92 Å². The van der Waals surface area contributed by atoms with E-state index in [0.29, 0.717) is 6.42 Å². The lowest BCUT2D eigenvalue weighted by molar-refractivity contribution is 0.0168. The van der Waals surface area contributed by atoms with Gasteiger partial charge in [-0.1, -0.05) is 26.7 Å². The quantitative estimate of drug-likeness (QED) is 0.544. The predicted molar refractivity (Wildman–Crippen MR) is 42.5 cm³/mol. The van der Waals surface area contributed by atoms with Crippen LogP contribution in [-0.4, -0.2) is 5.92 Å². The van der Waals surface area contributed by atoms with E-state index in [9.17, 15) is 8.78 Å². The molecule has 0 saturated heterocycles. The molecule has 0 aliphatic rings. The zero-order valence-corrected chi connectivity index (χ0v) is 7.25. The van der Waals surface area contributed by atoms with Gasteiger partial charge in [-0.15, -0.1) is 0 Å². The smallest absolute Gasteiger partial charge is 0.192 e. The molecule has 0 aliphatic carbocycles. The number of halogens is 2. The van der Waals surface area contributed by atoms with Gasteiger partial charge in [-0.3, -0.25) is 0 Å². The van der Waals surface area contributed by atoms with E-state index < -0.39 is 11.8 Å². The molecule has 0 unspecified atom stereocenters. The molecule has 0 saturated carbocycles. The minimum Gasteiger partial charge on any atom is -0.192 e. The molecular formula is C9H14F2. The summed E-state index contributed by atoms with van der Waals surface area (Å²) in [4.78, 5) is 0. The number of alkyl halides is 2. The van der Waals surface area contributed by atoms with E-state index in [1.165, 1.54) is 13.8 Å². The maximum absolute atomic E-state index is 12.7. The second-order valence-electron chi connectivity index (χ2n) is 2.83. The number of hydrogen-bond acceptors (Lipinski definition) is 0. The Morgan fingerprint density at radius 3 is 2.27 bits per heavy atom. The van der Waals surface area contributed by atoms with Crippen molar-refractivity contribution in [3.8, 4) is 11.8 Å². The molecule has 0 heterocycles. The predicted octanol–water partition coefficient (Wildman–Crippen LogP) is 3.08. The fourth-order valence-corrected chi connectivity index (χ4v) is 0.450. The molecule has 0 amide bonds. The van der Waals surface area contributed by atoms with Gasteiger partial charge < -0.3 is 0 Å². The van der Waals surface area contributed by atoms with Crippen molar-refractivity contribution in [2.75, 3.05) is 0 Å². The second-order valence-corrected chi connectivity index (χ2v) is 2.83. The van der Waals surface area contributed by atoms with Gasteiger partial charge in [-0.2, -0.15) is 8.78 Å². The molecule has 0 aromatic carbocycles. The maximum atomic E-state index is 12.7. The Hall–Kier alpha value is -0.580. The van der Waals surface area contributed by atoms with Crippen molar-refractivity contribution >= 4 is 0 Å². The van der Waals surface area contributed by atoms with Gasteiger partial charge in [0.25, 0.3) is 0 Å². The highest BCUT2D eigenvalue weighted by Gasteiger charge is 2.30. The molecule has 2 heteroatoms. The Balaban J connectivity index is 4.03. The van der Waals surface area contributed by atoms with E-state index in [1.54, 1.807) is 0 Å². The molecule has 0 bridgehead atoms. The summed E-state index contributed by atoms with van der Waals surface area (Å²) in [5, 5.41) is 0. The maximum Gasteiger partial charge on any atom is 0.310 e. The van der Waals surface area contributed by atoms with Crippen molar-refractivity contribution < 1.29 is 8.78 Å². The van der Waals surface area contributed by atoms with Crippen molar-refractivity contribution in [2.45, 2.75) is 39.5 Å². The number of unbranched alkanes of at least 4 members (excludes halogenated alkanes) is 1. The van der Waals surface area contributed by atoms with Crippen LogP contribution in [-0.2, 0) is 0 Å². The van der Waals surface area contributed by atoms with Crippen LogP contribution >= 0.6 is 0 Å². The van der Waals surface area contributed by atoms with Crippen LogP contribution in [0.25, 0.3) is 0 Å². The number of hydrogen-bond donors (Lipinski definition) is 0. The Morgan fingerprint density at radius 2 is 1.91 bits per heavy atom. The van der Waals surface area contributed by atoms with Crippen LogP contribution in [0, 0.1) is 17.8 Å². The van der Waals surface area contributed by atoms with Crippen LogP contribution in [0.2, 0.25) is 0 Å². The van der Waals surface area contributed by atoms with Gasteiger partial charge in [0.05, 0.1) is 0 Å². The molecule has 0 nitrogen and oxygen atoms in total. The molecule has 0 spiro atoms. The molecule has 0 N–H and O–H groups in total. The van der Waals surface area contributed by atoms with Crippen LogP contribution in [0.1, 0.15) is 33.6 Å². The minimum atomic E-state index is -2.81. The van der Waals surface area contributed by atoms with Crippen molar-refractivity contribution in [3.63, 3.8) is 0 Å². The van der Waals surface area contributed by atoms with Crippen LogP contribution < -0.4 is 0 Å². The third kappa shape index (κ3) is 3.98. The van der Waals surface area contributed by atoms with Gasteiger partial charge >= 0.3 is 5.92 Å². The van der Waals surface area contributed by atoms with Crippen LogP contribution in [0.4, 0.5) is 8.78 Å². The van der Waals surface area contributed by atoms with Gasteiger partial charge in [0.15, 0.2) is 0 Å². The highest BCUT2D eigenvalue weighted by molar-refractivity contribution is 5.10. The first-order valence-electron chi connectivity index (χ1n) is 3.88. The SMILES string of the molecule is CCCC#CC(F)(F)C(C)C. The van der Waals surface area contributed by atoms with E-state index in [0.717, 1.165) is 6.42 Å². The Bertz CT molecular complexity index is 160. The van der Waals surface area contributed by atoms with Gasteiger partial charge in [0.2, 0.25) is 0 Å². The molecule has 0 aromatic rings. The third-order valence-electron chi connectivity index (χ3n) is 1.36. The zero-order valence-electron chi connectivity index (χ0n) is 7.25. The minimum absolute atomic E-state index is 0.558. The molecule has 11 heavy (non-hydrogen) atoms. The van der Waals surface area contributed by atoms with E-state index in [-0.39, 0.29) is 0 Å². The lowest BCUT2D eigenvalue weighted by Crippen LogP contribution is -2.20. The molecular weight excluding hydrogens is 146 g/mol. The second kappa shape index (κ2) is 4.33. The summed E-state index contributed by atoms with van der Waals surface area (Å²) in [5.41, 5.74) is 0. The van der Waals surface area contributed by atoms with Gasteiger partial charge in [0.1, 0.15) is 0 Å². The monoisotopic (exact) mass is 160 g/mol. The standard InChI is InChI=1S/C9H14F2/c1-4-5-6-7-9(10,11)8(2)3/h8H,4-5H2,1-3H3. The van der Waals surface area contributed by atoms with Crippen LogP contribution in [0.15, 0.2) is 0 Å². The third-order valence-corrected chi connectivity index (χ3v) is 1.36. The average Bonchev–Trinajstić information content (AvgIpc) is 1.88. The molecule has 0 aliphatic heterocycles. The largest absolute Gasteiger partial charge is 0.310 e. The summed E-state index contributed by atoms with van der Waals surface area (Å²) in [5.74, 6) is 0.934. The van der Waals surface area contributed by atoms with Gasteiger partial charge in [-0.05, 0) is 12.3 Å². The molecule has 0 rings (SSSR count). The summed E-state index contributed by atoms with van der Waals surface area (Å²) in [6.07, 6.45) is 1.39. The van der Waals surface area contributed by atoms with Gasteiger partial charge in [0, 0.05) is 12.3 Å². The summed E-state index contributed by atoms with van der Waals surface area (Å²) in [6.45, 7) is 4.86. The van der Waals surface area contributed by atoms with Crippen molar-refractivity contribution in [1.82, 2.24) is 0 Å². The molecule has 0 aromatic heterocycles. The first-order valence-corrected chi connectivity index (χ1v) is 3.88. The zero-order chi connectivity index (χ0) is 8.91. The molecule has 0 atom stereocenters. The Labute approximate surface area is 67.0 Å². The lowest BCUT2D eigenvalue weighted by Gasteiger charge is -2.12. The molecule has 0 fully saturated rings.